The lowest BCUT2D eigenvalue weighted by Crippen LogP contribution is -2.14. The van der Waals surface area contributed by atoms with Gasteiger partial charge in [-0.1, -0.05) is 121 Å². The maximum Gasteiger partial charge on any atom is 0.136 e. The molecule has 51 heavy (non-hydrogen) atoms. The monoisotopic (exact) mass is 669 g/mol. The standard InChI is InChI=1S/C48H31NOS/c1-4-15-35-30(10-1)13-7-19-42(35)49(43-20-8-14-31-11-2-5-16-36(31)43)34-24-27-44-41(29-34)47-37(18-9-21-45(47)50-44)33-23-25-39-40-26-22-32-12-3-6-17-38(32)48(40)51-46(39)28-33/h1-4,6-15,17-29H,5,16H2. The summed E-state index contributed by atoms with van der Waals surface area (Å²) in [5.41, 5.74) is 10.4. The summed E-state index contributed by atoms with van der Waals surface area (Å²) < 4.78 is 9.23. The van der Waals surface area contributed by atoms with Crippen LogP contribution >= 0.6 is 11.3 Å². The quantitative estimate of drug-likeness (QED) is 0.185. The lowest BCUT2D eigenvalue weighted by molar-refractivity contribution is 0.669. The van der Waals surface area contributed by atoms with E-state index in [9.17, 15) is 0 Å². The van der Waals surface area contributed by atoms with Crippen LogP contribution in [0.4, 0.5) is 17.1 Å². The van der Waals surface area contributed by atoms with Crippen molar-refractivity contribution in [3.8, 4) is 11.1 Å². The number of benzene rings is 8. The highest BCUT2D eigenvalue weighted by molar-refractivity contribution is 7.26. The fourth-order valence-corrected chi connectivity index (χ4v) is 9.62. The maximum absolute atomic E-state index is 6.58. The van der Waals surface area contributed by atoms with Gasteiger partial charge >= 0.3 is 0 Å². The zero-order valence-corrected chi connectivity index (χ0v) is 28.6. The van der Waals surface area contributed by atoms with E-state index in [4.69, 9.17) is 4.42 Å². The number of allylic oxidation sites excluding steroid dienone is 1. The lowest BCUT2D eigenvalue weighted by atomic mass is 9.94. The van der Waals surface area contributed by atoms with E-state index >= 15 is 0 Å². The number of fused-ring (bicyclic) bond motifs is 10. The second-order valence-corrected chi connectivity index (χ2v) is 14.6. The van der Waals surface area contributed by atoms with Crippen LogP contribution in [0.25, 0.3) is 80.9 Å². The Morgan fingerprint density at radius 1 is 0.549 bits per heavy atom. The SMILES string of the molecule is C1=Cc2cccc(N(c3ccc4oc5cccc(-c6ccc7c(c6)sc6c8ccccc8ccc76)c5c4c3)c3cccc4ccccc34)c2CC1. The smallest absolute Gasteiger partial charge is 0.136 e. The van der Waals surface area contributed by atoms with E-state index in [1.165, 1.54) is 75.3 Å². The van der Waals surface area contributed by atoms with E-state index in [1.54, 1.807) is 0 Å². The Hall–Kier alpha value is -6.16. The number of hydrogen-bond acceptors (Lipinski definition) is 3. The first-order chi connectivity index (χ1) is 25.3. The first-order valence-corrected chi connectivity index (χ1v) is 18.5. The molecule has 10 aromatic rings. The van der Waals surface area contributed by atoms with Crippen LogP contribution < -0.4 is 4.90 Å². The normalized spacial score (nSPS) is 12.9. The van der Waals surface area contributed by atoms with Crippen LogP contribution in [0, 0.1) is 0 Å². The van der Waals surface area contributed by atoms with Gasteiger partial charge in [-0.15, -0.1) is 11.3 Å². The molecule has 240 valence electrons. The van der Waals surface area contributed by atoms with Gasteiger partial charge < -0.3 is 9.32 Å². The summed E-state index contributed by atoms with van der Waals surface area (Å²) in [5.74, 6) is 0. The molecular formula is C48H31NOS. The molecule has 0 aliphatic heterocycles. The van der Waals surface area contributed by atoms with Crippen LogP contribution in [-0.2, 0) is 6.42 Å². The minimum Gasteiger partial charge on any atom is -0.456 e. The van der Waals surface area contributed by atoms with Gasteiger partial charge in [0.25, 0.3) is 0 Å². The lowest BCUT2D eigenvalue weighted by Gasteiger charge is -2.30. The second kappa shape index (κ2) is 11.2. The Labute approximate surface area is 299 Å². The Kier molecular flexibility index (Phi) is 6.28. The number of anilines is 3. The van der Waals surface area contributed by atoms with Gasteiger partial charge in [-0.3, -0.25) is 0 Å². The van der Waals surface area contributed by atoms with Crippen molar-refractivity contribution in [1.82, 2.24) is 0 Å². The van der Waals surface area contributed by atoms with E-state index < -0.39 is 0 Å². The average molecular weight is 670 g/mol. The van der Waals surface area contributed by atoms with Gasteiger partial charge in [-0.05, 0) is 93.7 Å². The Balaban J connectivity index is 1.14. The van der Waals surface area contributed by atoms with Gasteiger partial charge in [-0.2, -0.15) is 0 Å². The van der Waals surface area contributed by atoms with Crippen molar-refractivity contribution in [1.29, 1.82) is 0 Å². The van der Waals surface area contributed by atoms with Gasteiger partial charge in [-0.25, -0.2) is 0 Å². The molecule has 1 aliphatic carbocycles. The molecule has 2 nitrogen and oxygen atoms in total. The van der Waals surface area contributed by atoms with Crippen LogP contribution in [0.2, 0.25) is 0 Å². The van der Waals surface area contributed by atoms with E-state index in [2.05, 4.69) is 169 Å². The molecular weight excluding hydrogens is 639 g/mol. The molecule has 11 rings (SSSR count). The number of thiophene rings is 1. The van der Waals surface area contributed by atoms with Crippen LogP contribution in [-0.4, -0.2) is 0 Å². The third-order valence-electron chi connectivity index (χ3n) is 10.7. The topological polar surface area (TPSA) is 16.4 Å². The molecule has 0 atom stereocenters. The van der Waals surface area contributed by atoms with E-state index in [0.29, 0.717) is 0 Å². The summed E-state index contributed by atoms with van der Waals surface area (Å²) in [6.45, 7) is 0. The van der Waals surface area contributed by atoms with E-state index in [-0.39, 0.29) is 0 Å². The van der Waals surface area contributed by atoms with Gasteiger partial charge in [0.2, 0.25) is 0 Å². The summed E-state index contributed by atoms with van der Waals surface area (Å²) in [7, 11) is 0. The van der Waals surface area contributed by atoms with Crippen molar-refractivity contribution in [3.63, 3.8) is 0 Å². The third-order valence-corrected chi connectivity index (χ3v) is 11.9. The molecule has 2 aromatic heterocycles. The molecule has 3 heteroatoms. The molecule has 0 bridgehead atoms. The fraction of sp³-hybridized carbons (Fsp3) is 0.0417. The number of nitrogens with zero attached hydrogens (tertiary/aromatic N) is 1. The molecule has 2 heterocycles. The van der Waals surface area contributed by atoms with Crippen molar-refractivity contribution in [2.45, 2.75) is 12.8 Å². The van der Waals surface area contributed by atoms with Crippen LogP contribution in [0.5, 0.6) is 0 Å². The summed E-state index contributed by atoms with van der Waals surface area (Å²) in [6.07, 6.45) is 6.62. The maximum atomic E-state index is 6.58. The van der Waals surface area contributed by atoms with Gasteiger partial charge in [0, 0.05) is 47.7 Å². The summed E-state index contributed by atoms with van der Waals surface area (Å²) in [4.78, 5) is 2.47. The summed E-state index contributed by atoms with van der Waals surface area (Å²) in [6, 6.07) is 55.4. The molecule has 0 radical (unpaired) electrons. The van der Waals surface area contributed by atoms with Crippen molar-refractivity contribution in [2.24, 2.45) is 0 Å². The zero-order chi connectivity index (χ0) is 33.5. The van der Waals surface area contributed by atoms with Crippen molar-refractivity contribution >= 4 is 98.1 Å². The van der Waals surface area contributed by atoms with Crippen LogP contribution in [0.15, 0.2) is 162 Å². The van der Waals surface area contributed by atoms with Crippen molar-refractivity contribution in [2.75, 3.05) is 4.90 Å². The Morgan fingerprint density at radius 3 is 2.27 bits per heavy atom. The van der Waals surface area contributed by atoms with E-state index in [1.807, 2.05) is 11.3 Å². The van der Waals surface area contributed by atoms with Gasteiger partial charge in [0.05, 0.1) is 5.69 Å². The fourth-order valence-electron chi connectivity index (χ4n) is 8.35. The molecule has 0 fully saturated rings. The second-order valence-electron chi connectivity index (χ2n) is 13.6. The predicted molar refractivity (Wildman–Crippen MR) is 219 cm³/mol. The minimum absolute atomic E-state index is 0.895. The highest BCUT2D eigenvalue weighted by Gasteiger charge is 2.22. The minimum atomic E-state index is 0.895. The largest absolute Gasteiger partial charge is 0.456 e. The number of hydrogen-bond donors (Lipinski definition) is 0. The molecule has 0 amide bonds. The van der Waals surface area contributed by atoms with Crippen molar-refractivity contribution in [3.05, 3.63) is 169 Å². The van der Waals surface area contributed by atoms with E-state index in [0.717, 1.165) is 40.5 Å². The summed E-state index contributed by atoms with van der Waals surface area (Å²) in [5, 5.41) is 9.96. The zero-order valence-electron chi connectivity index (χ0n) is 27.8. The highest BCUT2D eigenvalue weighted by atomic mass is 32.1. The van der Waals surface area contributed by atoms with Gasteiger partial charge in [0.15, 0.2) is 0 Å². The van der Waals surface area contributed by atoms with Crippen LogP contribution in [0.1, 0.15) is 17.5 Å². The Morgan fingerprint density at radius 2 is 1.33 bits per heavy atom. The first kappa shape index (κ1) is 28.7. The molecule has 8 aromatic carbocycles. The molecule has 0 saturated heterocycles. The molecule has 1 aliphatic rings. The molecule has 0 saturated carbocycles. The average Bonchev–Trinajstić information content (AvgIpc) is 3.76. The number of furan rings is 1. The Bertz CT molecular complexity index is 3050. The van der Waals surface area contributed by atoms with Crippen LogP contribution in [0.3, 0.4) is 0 Å². The summed E-state index contributed by atoms with van der Waals surface area (Å²) >= 11 is 1.89. The predicted octanol–water partition coefficient (Wildman–Crippen LogP) is 14.4. The molecule has 0 N–H and O–H groups in total. The molecule has 0 spiro atoms. The van der Waals surface area contributed by atoms with Crippen molar-refractivity contribution < 1.29 is 4.42 Å². The molecule has 0 unspecified atom stereocenters. The first-order valence-electron chi connectivity index (χ1n) is 17.6. The highest BCUT2D eigenvalue weighted by Crippen LogP contribution is 2.46. The third kappa shape index (κ3) is 4.42. The number of rotatable bonds is 4. The van der Waals surface area contributed by atoms with Gasteiger partial charge in [0.1, 0.15) is 11.2 Å².